The van der Waals surface area contributed by atoms with E-state index < -0.39 is 0 Å². The van der Waals surface area contributed by atoms with Crippen LogP contribution in [0, 0.1) is 5.92 Å². The van der Waals surface area contributed by atoms with Gasteiger partial charge in [0.25, 0.3) is 5.91 Å². The first-order valence-electron chi connectivity index (χ1n) is 8.98. The first-order valence-corrected chi connectivity index (χ1v) is 8.98. The summed E-state index contributed by atoms with van der Waals surface area (Å²) in [7, 11) is 1.64. The number of amides is 1. The monoisotopic (exact) mass is 371 g/mol. The first kappa shape index (κ1) is 19.0. The molecule has 0 bridgehead atoms. The second-order valence-corrected chi connectivity index (χ2v) is 6.93. The molecule has 0 aromatic carbocycles. The summed E-state index contributed by atoms with van der Waals surface area (Å²) in [5, 5.41) is 11.0. The van der Waals surface area contributed by atoms with E-state index in [1.54, 1.807) is 32.0 Å². The predicted molar refractivity (Wildman–Crippen MR) is 100 cm³/mol. The summed E-state index contributed by atoms with van der Waals surface area (Å²) in [4.78, 5) is 21.4. The topological polar surface area (TPSA) is 99.8 Å². The molecule has 0 aliphatic rings. The van der Waals surface area contributed by atoms with Crippen LogP contribution in [0.25, 0.3) is 11.2 Å². The molecule has 3 rings (SSSR count). The molecule has 0 fully saturated rings. The molecule has 144 valence electrons. The van der Waals surface area contributed by atoms with Gasteiger partial charge in [0.05, 0.1) is 24.5 Å². The van der Waals surface area contributed by atoms with Gasteiger partial charge in [0.2, 0.25) is 0 Å². The van der Waals surface area contributed by atoms with Gasteiger partial charge < -0.3 is 19.2 Å². The van der Waals surface area contributed by atoms with Crippen molar-refractivity contribution < 1.29 is 9.53 Å². The van der Waals surface area contributed by atoms with Crippen molar-refractivity contribution in [1.82, 2.24) is 34.6 Å². The van der Waals surface area contributed by atoms with E-state index in [1.165, 1.54) is 0 Å². The molecule has 0 aliphatic carbocycles. The third-order valence-electron chi connectivity index (χ3n) is 4.20. The Morgan fingerprint density at radius 2 is 2.04 bits per heavy atom. The van der Waals surface area contributed by atoms with E-state index in [1.807, 2.05) is 16.1 Å². The van der Waals surface area contributed by atoms with Crippen molar-refractivity contribution in [1.29, 1.82) is 0 Å². The first-order chi connectivity index (χ1) is 13.0. The third-order valence-corrected chi connectivity index (χ3v) is 4.20. The van der Waals surface area contributed by atoms with Crippen molar-refractivity contribution in [3.05, 3.63) is 36.3 Å². The number of carbonyl (C=O) groups is 1. The van der Waals surface area contributed by atoms with Crippen LogP contribution in [0.1, 0.15) is 43.0 Å². The Bertz CT molecular complexity index is 915. The van der Waals surface area contributed by atoms with Gasteiger partial charge in [-0.05, 0) is 18.9 Å². The number of nitrogens with zero attached hydrogens (tertiary/aromatic N) is 6. The van der Waals surface area contributed by atoms with E-state index in [4.69, 9.17) is 4.74 Å². The predicted octanol–water partition coefficient (Wildman–Crippen LogP) is 1.82. The lowest BCUT2D eigenvalue weighted by Gasteiger charge is -2.14. The minimum absolute atomic E-state index is 0.225. The van der Waals surface area contributed by atoms with Crippen molar-refractivity contribution in [3.63, 3.8) is 0 Å². The van der Waals surface area contributed by atoms with Gasteiger partial charge in [-0.25, -0.2) is 9.97 Å². The average molecular weight is 371 g/mol. The Morgan fingerprint density at radius 1 is 1.22 bits per heavy atom. The van der Waals surface area contributed by atoms with E-state index in [9.17, 15) is 4.79 Å². The van der Waals surface area contributed by atoms with E-state index in [0.717, 1.165) is 12.2 Å². The molecule has 0 aliphatic heterocycles. The summed E-state index contributed by atoms with van der Waals surface area (Å²) in [6.07, 6.45) is 4.98. The van der Waals surface area contributed by atoms with Crippen LogP contribution in [-0.4, -0.2) is 48.9 Å². The van der Waals surface area contributed by atoms with Gasteiger partial charge >= 0.3 is 0 Å². The van der Waals surface area contributed by atoms with Gasteiger partial charge in [0.1, 0.15) is 11.8 Å². The molecule has 9 heteroatoms. The molecule has 0 saturated carbocycles. The highest BCUT2D eigenvalue weighted by Gasteiger charge is 2.18. The molecule has 0 spiro atoms. The van der Waals surface area contributed by atoms with Crippen molar-refractivity contribution in [2.24, 2.45) is 5.92 Å². The minimum atomic E-state index is -0.300. The Morgan fingerprint density at radius 3 is 2.78 bits per heavy atom. The molecule has 3 aromatic rings. The number of ether oxygens (including phenoxy) is 1. The Kier molecular flexibility index (Phi) is 5.80. The van der Waals surface area contributed by atoms with Gasteiger partial charge in [0.15, 0.2) is 11.5 Å². The SMILES string of the molecule is COCCn1cnnc1C(C)NC(=O)c1cnc2c(c1)ncn2CC(C)C. The van der Waals surface area contributed by atoms with Crippen molar-refractivity contribution in [3.8, 4) is 0 Å². The number of hydrogen-bond donors (Lipinski definition) is 1. The van der Waals surface area contributed by atoms with Gasteiger partial charge in [-0.2, -0.15) is 0 Å². The molecule has 1 N–H and O–H groups in total. The maximum Gasteiger partial charge on any atom is 0.253 e. The molecule has 3 aromatic heterocycles. The molecular weight excluding hydrogens is 346 g/mol. The zero-order chi connectivity index (χ0) is 19.4. The van der Waals surface area contributed by atoms with E-state index >= 15 is 0 Å². The largest absolute Gasteiger partial charge is 0.383 e. The smallest absolute Gasteiger partial charge is 0.253 e. The summed E-state index contributed by atoms with van der Waals surface area (Å²) < 4.78 is 8.95. The van der Waals surface area contributed by atoms with Crippen molar-refractivity contribution in [2.45, 2.75) is 39.9 Å². The summed E-state index contributed by atoms with van der Waals surface area (Å²) in [5.41, 5.74) is 1.96. The van der Waals surface area contributed by atoms with Crippen LogP contribution in [0.15, 0.2) is 24.9 Å². The van der Waals surface area contributed by atoms with Crippen LogP contribution >= 0.6 is 0 Å². The van der Waals surface area contributed by atoms with Gasteiger partial charge in [-0.3, -0.25) is 4.79 Å². The summed E-state index contributed by atoms with van der Waals surface area (Å²) in [6, 6.07) is 1.46. The van der Waals surface area contributed by atoms with Crippen LogP contribution in [0.4, 0.5) is 0 Å². The number of methoxy groups -OCH3 is 1. The Labute approximate surface area is 157 Å². The molecule has 1 unspecified atom stereocenters. The number of fused-ring (bicyclic) bond motifs is 1. The zero-order valence-electron chi connectivity index (χ0n) is 16.1. The molecule has 0 saturated heterocycles. The van der Waals surface area contributed by atoms with Gasteiger partial charge in [-0.1, -0.05) is 13.8 Å². The molecule has 1 amide bonds. The fraction of sp³-hybridized carbons (Fsp3) is 0.500. The van der Waals surface area contributed by atoms with Crippen molar-refractivity contribution >= 4 is 17.1 Å². The van der Waals surface area contributed by atoms with E-state index in [2.05, 4.69) is 39.3 Å². The quantitative estimate of drug-likeness (QED) is 0.648. The minimum Gasteiger partial charge on any atom is -0.383 e. The number of hydrogen-bond acceptors (Lipinski definition) is 6. The van der Waals surface area contributed by atoms with Crippen LogP contribution in [0.2, 0.25) is 0 Å². The second-order valence-electron chi connectivity index (χ2n) is 6.93. The van der Waals surface area contributed by atoms with Crippen LogP contribution in [0.5, 0.6) is 0 Å². The lowest BCUT2D eigenvalue weighted by molar-refractivity contribution is 0.0937. The lowest BCUT2D eigenvalue weighted by atomic mass is 10.2. The lowest BCUT2D eigenvalue weighted by Crippen LogP contribution is -2.29. The summed E-state index contributed by atoms with van der Waals surface area (Å²) in [5.74, 6) is 0.940. The average Bonchev–Trinajstić information content (AvgIpc) is 3.26. The number of imidazole rings is 1. The standard InChI is InChI=1S/C18H25N7O2/c1-12(2)9-25-10-20-15-7-14(8-19-17(15)25)18(26)22-13(3)16-23-21-11-24(16)5-6-27-4/h7-8,10-13H,5-6,9H2,1-4H3,(H,22,26). The maximum atomic E-state index is 12.6. The van der Waals surface area contributed by atoms with E-state index in [-0.39, 0.29) is 11.9 Å². The number of nitrogens with one attached hydrogen (secondary N) is 1. The number of pyridine rings is 1. The van der Waals surface area contributed by atoms with Crippen LogP contribution < -0.4 is 5.32 Å². The Hall–Kier alpha value is -2.81. The fourth-order valence-electron chi connectivity index (χ4n) is 2.91. The fourth-order valence-corrected chi connectivity index (χ4v) is 2.91. The van der Waals surface area contributed by atoms with E-state index in [0.29, 0.717) is 36.0 Å². The Balaban J connectivity index is 1.73. The normalized spacial score (nSPS) is 12.6. The van der Waals surface area contributed by atoms with Crippen molar-refractivity contribution in [2.75, 3.05) is 13.7 Å². The summed E-state index contributed by atoms with van der Waals surface area (Å²) in [6.45, 7) is 8.16. The third kappa shape index (κ3) is 4.30. The van der Waals surface area contributed by atoms with Gasteiger partial charge in [-0.15, -0.1) is 10.2 Å². The second kappa shape index (κ2) is 8.26. The highest BCUT2D eigenvalue weighted by atomic mass is 16.5. The molecule has 27 heavy (non-hydrogen) atoms. The molecular formula is C18H25N7O2. The molecule has 9 nitrogen and oxygen atoms in total. The molecule has 0 radical (unpaired) electrons. The van der Waals surface area contributed by atoms with Gasteiger partial charge in [0, 0.05) is 26.4 Å². The number of rotatable bonds is 8. The molecule has 3 heterocycles. The highest BCUT2D eigenvalue weighted by Crippen LogP contribution is 2.15. The van der Waals surface area contributed by atoms with Crippen LogP contribution in [-0.2, 0) is 17.8 Å². The number of carbonyl (C=O) groups excluding carboxylic acids is 1. The van der Waals surface area contributed by atoms with Crippen LogP contribution in [0.3, 0.4) is 0 Å². The maximum absolute atomic E-state index is 12.6. The molecule has 1 atom stereocenters. The summed E-state index contributed by atoms with van der Waals surface area (Å²) >= 11 is 0. The highest BCUT2D eigenvalue weighted by molar-refractivity contribution is 5.96. The number of aromatic nitrogens is 6. The zero-order valence-corrected chi connectivity index (χ0v) is 16.1.